The summed E-state index contributed by atoms with van der Waals surface area (Å²) in [5, 5.41) is 11.1. The highest BCUT2D eigenvalue weighted by Crippen LogP contribution is 2.42. The lowest BCUT2D eigenvalue weighted by Gasteiger charge is -2.13. The van der Waals surface area contributed by atoms with Crippen molar-refractivity contribution < 1.29 is 28.5 Å². The molecular weight excluding hydrogens is 340 g/mol. The van der Waals surface area contributed by atoms with Crippen LogP contribution in [0, 0.1) is 0 Å². The maximum atomic E-state index is 12.5. The van der Waals surface area contributed by atoms with Gasteiger partial charge >= 0.3 is 5.63 Å². The van der Waals surface area contributed by atoms with Crippen molar-refractivity contribution in [2.24, 2.45) is 0 Å². The minimum atomic E-state index is -0.697. The monoisotopic (exact) mass is 358 g/mol. The van der Waals surface area contributed by atoms with Gasteiger partial charge in [0, 0.05) is 12.1 Å². The van der Waals surface area contributed by atoms with E-state index in [1.165, 1.54) is 34.5 Å². The van der Waals surface area contributed by atoms with E-state index in [-0.39, 0.29) is 22.3 Å². The summed E-state index contributed by atoms with van der Waals surface area (Å²) in [6, 6.07) is 7.97. The molecule has 0 radical (unpaired) electrons. The molecule has 0 amide bonds. The molecule has 3 aromatic rings. The van der Waals surface area contributed by atoms with Gasteiger partial charge in [-0.15, -0.1) is 0 Å². The Bertz CT molecular complexity index is 1020. The second-order valence-electron chi connectivity index (χ2n) is 5.39. The first-order valence-corrected chi connectivity index (χ1v) is 7.68. The molecule has 26 heavy (non-hydrogen) atoms. The summed E-state index contributed by atoms with van der Waals surface area (Å²) in [5.41, 5.74) is -0.110. The zero-order chi connectivity index (χ0) is 18.8. The van der Waals surface area contributed by atoms with Crippen molar-refractivity contribution in [2.75, 3.05) is 28.4 Å². The Balaban J connectivity index is 2.33. The van der Waals surface area contributed by atoms with Gasteiger partial charge in [0.1, 0.15) is 33.8 Å². The molecule has 7 heteroatoms. The van der Waals surface area contributed by atoms with E-state index in [0.29, 0.717) is 28.6 Å². The minimum absolute atomic E-state index is 0.00178. The molecule has 0 aliphatic carbocycles. The highest BCUT2D eigenvalue weighted by atomic mass is 16.5. The molecule has 1 heterocycles. The fourth-order valence-corrected chi connectivity index (χ4v) is 2.78. The largest absolute Gasteiger partial charge is 0.506 e. The van der Waals surface area contributed by atoms with Crippen molar-refractivity contribution in [3.8, 4) is 39.9 Å². The van der Waals surface area contributed by atoms with E-state index in [1.54, 1.807) is 24.3 Å². The highest BCUT2D eigenvalue weighted by Gasteiger charge is 2.21. The number of ether oxygens (including phenoxy) is 4. The van der Waals surface area contributed by atoms with Gasteiger partial charge < -0.3 is 28.5 Å². The molecule has 1 N–H and O–H groups in total. The van der Waals surface area contributed by atoms with Crippen LogP contribution in [0.25, 0.3) is 22.1 Å². The van der Waals surface area contributed by atoms with Gasteiger partial charge in [-0.2, -0.15) is 0 Å². The molecule has 7 nitrogen and oxygen atoms in total. The molecule has 0 atom stereocenters. The predicted molar refractivity (Wildman–Crippen MR) is 95.8 cm³/mol. The molecule has 0 unspecified atom stereocenters. The van der Waals surface area contributed by atoms with Crippen LogP contribution in [0.1, 0.15) is 0 Å². The summed E-state index contributed by atoms with van der Waals surface area (Å²) in [6.45, 7) is 0. The van der Waals surface area contributed by atoms with Crippen molar-refractivity contribution in [1.82, 2.24) is 0 Å². The van der Waals surface area contributed by atoms with E-state index < -0.39 is 5.63 Å². The molecule has 0 spiro atoms. The normalized spacial score (nSPS) is 10.6. The van der Waals surface area contributed by atoms with E-state index in [1.807, 2.05) is 0 Å². The molecule has 3 rings (SSSR count). The second kappa shape index (κ2) is 6.87. The SMILES string of the molecule is COc1cc(OC)c2c(O)c(-c3ccc(OC)c(OC)c3)c(=O)oc2c1. The maximum Gasteiger partial charge on any atom is 0.347 e. The molecule has 136 valence electrons. The Morgan fingerprint density at radius 1 is 0.846 bits per heavy atom. The van der Waals surface area contributed by atoms with E-state index in [2.05, 4.69) is 0 Å². The number of hydrogen-bond acceptors (Lipinski definition) is 7. The van der Waals surface area contributed by atoms with Crippen molar-refractivity contribution >= 4 is 11.0 Å². The number of rotatable bonds is 5. The third kappa shape index (κ3) is 2.77. The first kappa shape index (κ1) is 17.5. The fraction of sp³-hybridized carbons (Fsp3) is 0.211. The summed E-state index contributed by atoms with van der Waals surface area (Å²) in [5.74, 6) is 1.44. The Labute approximate surface area is 149 Å². The number of aromatic hydroxyl groups is 1. The fourth-order valence-electron chi connectivity index (χ4n) is 2.78. The first-order chi connectivity index (χ1) is 12.5. The lowest BCUT2D eigenvalue weighted by atomic mass is 10.0. The van der Waals surface area contributed by atoms with Gasteiger partial charge in [-0.3, -0.25) is 0 Å². The predicted octanol–water partition coefficient (Wildman–Crippen LogP) is 3.20. The molecule has 0 aliphatic heterocycles. The molecule has 0 saturated carbocycles. The molecule has 0 bridgehead atoms. The van der Waals surface area contributed by atoms with Crippen LogP contribution < -0.4 is 24.6 Å². The summed E-state index contributed by atoms with van der Waals surface area (Å²) in [7, 11) is 5.93. The van der Waals surface area contributed by atoms with Crippen LogP contribution in [-0.2, 0) is 0 Å². The summed E-state index contributed by atoms with van der Waals surface area (Å²) in [6.07, 6.45) is 0. The molecule has 0 saturated heterocycles. The van der Waals surface area contributed by atoms with Crippen LogP contribution in [0.3, 0.4) is 0 Å². The van der Waals surface area contributed by atoms with Crippen LogP contribution in [0.15, 0.2) is 39.5 Å². The second-order valence-corrected chi connectivity index (χ2v) is 5.39. The smallest absolute Gasteiger partial charge is 0.347 e. The van der Waals surface area contributed by atoms with Crippen LogP contribution in [0.4, 0.5) is 0 Å². The number of fused-ring (bicyclic) bond motifs is 1. The van der Waals surface area contributed by atoms with Crippen molar-refractivity contribution in [3.63, 3.8) is 0 Å². The maximum absolute atomic E-state index is 12.5. The first-order valence-electron chi connectivity index (χ1n) is 7.68. The van der Waals surface area contributed by atoms with Crippen LogP contribution in [0.5, 0.6) is 28.7 Å². The third-order valence-electron chi connectivity index (χ3n) is 4.05. The quantitative estimate of drug-likeness (QED) is 0.701. The molecular formula is C19H18O7. The molecule has 1 aromatic heterocycles. The van der Waals surface area contributed by atoms with E-state index in [0.717, 1.165) is 0 Å². The van der Waals surface area contributed by atoms with Crippen LogP contribution in [-0.4, -0.2) is 33.5 Å². The number of hydrogen-bond donors (Lipinski definition) is 1. The van der Waals surface area contributed by atoms with Crippen LogP contribution >= 0.6 is 0 Å². The molecule has 2 aromatic carbocycles. The standard InChI is InChI=1S/C19H18O7/c1-22-11-8-14(25-4)17-15(9-11)26-19(21)16(18(17)20)10-5-6-12(23-2)13(7-10)24-3/h5-9,20H,1-4H3. The van der Waals surface area contributed by atoms with Crippen molar-refractivity contribution in [3.05, 3.63) is 40.8 Å². The van der Waals surface area contributed by atoms with Gasteiger partial charge in [-0.05, 0) is 17.7 Å². The van der Waals surface area contributed by atoms with E-state index in [9.17, 15) is 9.90 Å². The zero-order valence-corrected chi connectivity index (χ0v) is 14.8. The lowest BCUT2D eigenvalue weighted by Crippen LogP contribution is -2.05. The lowest BCUT2D eigenvalue weighted by molar-refractivity contribution is 0.355. The highest BCUT2D eigenvalue weighted by molar-refractivity contribution is 5.95. The molecule has 0 fully saturated rings. The third-order valence-corrected chi connectivity index (χ3v) is 4.05. The van der Waals surface area contributed by atoms with E-state index >= 15 is 0 Å². The van der Waals surface area contributed by atoms with Gasteiger partial charge in [0.05, 0.1) is 28.4 Å². The zero-order valence-electron chi connectivity index (χ0n) is 14.8. The van der Waals surface area contributed by atoms with Gasteiger partial charge in [0.25, 0.3) is 0 Å². The summed E-state index contributed by atoms with van der Waals surface area (Å²) < 4.78 is 26.3. The van der Waals surface area contributed by atoms with Crippen LogP contribution in [0.2, 0.25) is 0 Å². The summed E-state index contributed by atoms with van der Waals surface area (Å²) in [4.78, 5) is 12.5. The average Bonchev–Trinajstić information content (AvgIpc) is 2.66. The Morgan fingerprint density at radius 2 is 1.54 bits per heavy atom. The molecule has 0 aliphatic rings. The van der Waals surface area contributed by atoms with Crippen molar-refractivity contribution in [2.45, 2.75) is 0 Å². The topological polar surface area (TPSA) is 87.4 Å². The van der Waals surface area contributed by atoms with Gasteiger partial charge in [-0.1, -0.05) is 6.07 Å². The Hall–Kier alpha value is -3.35. The summed E-state index contributed by atoms with van der Waals surface area (Å²) >= 11 is 0. The number of methoxy groups -OCH3 is 4. The average molecular weight is 358 g/mol. The Kier molecular flexibility index (Phi) is 4.62. The number of benzene rings is 2. The van der Waals surface area contributed by atoms with E-state index in [4.69, 9.17) is 23.4 Å². The van der Waals surface area contributed by atoms with Gasteiger partial charge in [-0.25, -0.2) is 4.79 Å². The minimum Gasteiger partial charge on any atom is -0.506 e. The van der Waals surface area contributed by atoms with Gasteiger partial charge in [0.2, 0.25) is 0 Å². The van der Waals surface area contributed by atoms with Gasteiger partial charge in [0.15, 0.2) is 11.5 Å². The van der Waals surface area contributed by atoms with Crippen molar-refractivity contribution in [1.29, 1.82) is 0 Å². The Morgan fingerprint density at radius 3 is 2.15 bits per heavy atom.